The number of aryl methyl sites for hydroxylation is 1. The molecule has 0 spiro atoms. The summed E-state index contributed by atoms with van der Waals surface area (Å²) in [5, 5.41) is 3.86. The topological polar surface area (TPSA) is 42.0 Å². The molecule has 1 N–H and O–H groups in total. The number of benzene rings is 2. The first-order valence-electron chi connectivity index (χ1n) is 8.50. The number of aromatic nitrogens is 1. The van der Waals surface area contributed by atoms with E-state index in [1.165, 1.54) is 5.56 Å². The van der Waals surface area contributed by atoms with Crippen LogP contribution in [-0.4, -0.2) is 17.4 Å². The Kier molecular flexibility index (Phi) is 4.90. The van der Waals surface area contributed by atoms with Crippen LogP contribution in [0.1, 0.15) is 36.2 Å². The van der Waals surface area contributed by atoms with Gasteiger partial charge in [0.2, 0.25) is 0 Å². The molecule has 1 aromatic heterocycles. The molecule has 0 saturated carbocycles. The summed E-state index contributed by atoms with van der Waals surface area (Å²) in [6.45, 7) is 4.86. The quantitative estimate of drug-likeness (QED) is 0.747. The van der Waals surface area contributed by atoms with E-state index >= 15 is 0 Å². The Bertz CT molecular complexity index is 853. The van der Waals surface area contributed by atoms with Crippen molar-refractivity contribution in [3.05, 3.63) is 65.7 Å². The van der Waals surface area contributed by atoms with Crippen LogP contribution in [0.3, 0.4) is 0 Å². The van der Waals surface area contributed by atoms with Crippen LogP contribution >= 0.6 is 0 Å². The maximum Gasteiger partial charge on any atom is 0.252 e. The van der Waals surface area contributed by atoms with Crippen LogP contribution in [0.15, 0.2) is 54.6 Å². The van der Waals surface area contributed by atoms with Crippen LogP contribution in [0.5, 0.6) is 0 Å². The number of nitrogens with zero attached hydrogens (tertiary/aromatic N) is 1. The van der Waals surface area contributed by atoms with Crippen molar-refractivity contribution in [2.75, 3.05) is 6.54 Å². The summed E-state index contributed by atoms with van der Waals surface area (Å²) in [7, 11) is 0. The van der Waals surface area contributed by atoms with E-state index in [9.17, 15) is 4.79 Å². The van der Waals surface area contributed by atoms with E-state index < -0.39 is 0 Å². The van der Waals surface area contributed by atoms with Crippen molar-refractivity contribution < 1.29 is 4.79 Å². The lowest BCUT2D eigenvalue weighted by molar-refractivity contribution is 0.0955. The van der Waals surface area contributed by atoms with Crippen molar-refractivity contribution in [1.82, 2.24) is 10.3 Å². The molecule has 1 heterocycles. The molecule has 0 bridgehead atoms. The van der Waals surface area contributed by atoms with Crippen molar-refractivity contribution in [3.63, 3.8) is 0 Å². The van der Waals surface area contributed by atoms with Gasteiger partial charge in [-0.1, -0.05) is 56.3 Å². The number of fused-ring (bicyclic) bond motifs is 1. The molecule has 3 nitrogen and oxygen atoms in total. The van der Waals surface area contributed by atoms with Gasteiger partial charge in [0.25, 0.3) is 5.91 Å². The molecular formula is C21H22N2O. The fraction of sp³-hybridized carbons (Fsp3) is 0.238. The van der Waals surface area contributed by atoms with E-state index in [1.54, 1.807) is 0 Å². The molecule has 0 aliphatic heterocycles. The fourth-order valence-corrected chi connectivity index (χ4v) is 2.76. The first-order chi connectivity index (χ1) is 11.7. The lowest BCUT2D eigenvalue weighted by atomic mass is 10.0. The first kappa shape index (κ1) is 16.2. The summed E-state index contributed by atoms with van der Waals surface area (Å²) >= 11 is 0. The average Bonchev–Trinajstić information content (AvgIpc) is 2.65. The van der Waals surface area contributed by atoms with E-state index in [4.69, 9.17) is 4.98 Å². The molecule has 0 atom stereocenters. The summed E-state index contributed by atoms with van der Waals surface area (Å²) in [6.07, 6.45) is 1.93. The maximum atomic E-state index is 12.6. The van der Waals surface area contributed by atoms with Gasteiger partial charge in [0.1, 0.15) is 0 Å². The Morgan fingerprint density at radius 2 is 1.79 bits per heavy atom. The van der Waals surface area contributed by atoms with Crippen molar-refractivity contribution in [3.8, 4) is 11.3 Å². The van der Waals surface area contributed by atoms with E-state index in [0.717, 1.165) is 35.0 Å². The Morgan fingerprint density at radius 1 is 1.04 bits per heavy atom. The minimum Gasteiger partial charge on any atom is -0.352 e. The second kappa shape index (κ2) is 7.26. The van der Waals surface area contributed by atoms with Crippen molar-refractivity contribution >= 4 is 16.8 Å². The van der Waals surface area contributed by atoms with E-state index in [1.807, 2.05) is 37.3 Å². The van der Waals surface area contributed by atoms with E-state index in [0.29, 0.717) is 12.1 Å². The first-order valence-corrected chi connectivity index (χ1v) is 8.50. The molecule has 3 heteroatoms. The highest BCUT2D eigenvalue weighted by Crippen LogP contribution is 2.25. The smallest absolute Gasteiger partial charge is 0.252 e. The number of pyridine rings is 1. The highest BCUT2D eigenvalue weighted by molar-refractivity contribution is 6.07. The van der Waals surface area contributed by atoms with Gasteiger partial charge >= 0.3 is 0 Å². The number of hydrogen-bond acceptors (Lipinski definition) is 2. The average molecular weight is 318 g/mol. The Labute approximate surface area is 142 Å². The number of para-hydroxylation sites is 1. The number of amides is 1. The summed E-state index contributed by atoms with van der Waals surface area (Å²) in [5.41, 5.74) is 4.68. The predicted molar refractivity (Wildman–Crippen MR) is 99.2 cm³/mol. The van der Waals surface area contributed by atoms with Gasteiger partial charge in [-0.05, 0) is 30.5 Å². The molecule has 122 valence electrons. The third kappa shape index (κ3) is 3.30. The zero-order valence-electron chi connectivity index (χ0n) is 14.2. The Hall–Kier alpha value is -2.68. The number of hydrogen-bond donors (Lipinski definition) is 1. The van der Waals surface area contributed by atoms with Crippen LogP contribution in [0.2, 0.25) is 0 Å². The second-order valence-electron chi connectivity index (χ2n) is 5.88. The minimum atomic E-state index is -0.0399. The summed E-state index contributed by atoms with van der Waals surface area (Å²) in [6, 6.07) is 18.1. The number of carbonyl (C=O) groups is 1. The van der Waals surface area contributed by atoms with E-state index in [2.05, 4.69) is 36.5 Å². The molecule has 0 radical (unpaired) electrons. The monoisotopic (exact) mass is 318 g/mol. The molecule has 1 amide bonds. The molecule has 0 unspecified atom stereocenters. The number of carbonyl (C=O) groups excluding carboxylic acids is 1. The van der Waals surface area contributed by atoms with Gasteiger partial charge < -0.3 is 5.32 Å². The molecule has 3 rings (SSSR count). The van der Waals surface area contributed by atoms with Gasteiger partial charge in [0, 0.05) is 17.5 Å². The molecule has 24 heavy (non-hydrogen) atoms. The molecule has 2 aromatic carbocycles. The highest BCUT2D eigenvalue weighted by Gasteiger charge is 2.13. The predicted octanol–water partition coefficient (Wildman–Crippen LogP) is 4.60. The minimum absolute atomic E-state index is 0.0399. The third-order valence-corrected chi connectivity index (χ3v) is 4.15. The molecule has 0 aliphatic carbocycles. The van der Waals surface area contributed by atoms with Gasteiger partial charge in [-0.2, -0.15) is 0 Å². The second-order valence-corrected chi connectivity index (χ2v) is 5.88. The SMILES string of the molecule is CCCNC(=O)c1cc(-c2ccc(CC)cc2)nc2ccccc12. The van der Waals surface area contributed by atoms with Gasteiger partial charge in [-0.15, -0.1) is 0 Å². The van der Waals surface area contributed by atoms with Crippen LogP contribution in [-0.2, 0) is 6.42 Å². The molecule has 0 aliphatic rings. The number of rotatable bonds is 5. The van der Waals surface area contributed by atoms with Gasteiger partial charge in [0.15, 0.2) is 0 Å². The van der Waals surface area contributed by atoms with Gasteiger partial charge in [0.05, 0.1) is 16.8 Å². The normalized spacial score (nSPS) is 10.8. The summed E-state index contributed by atoms with van der Waals surface area (Å²) in [5.74, 6) is -0.0399. The largest absolute Gasteiger partial charge is 0.352 e. The lowest BCUT2D eigenvalue weighted by Crippen LogP contribution is -2.24. The fourth-order valence-electron chi connectivity index (χ4n) is 2.76. The summed E-state index contributed by atoms with van der Waals surface area (Å²) in [4.78, 5) is 17.3. The van der Waals surface area contributed by atoms with Gasteiger partial charge in [-0.25, -0.2) is 4.98 Å². The zero-order valence-corrected chi connectivity index (χ0v) is 14.2. The molecular weight excluding hydrogens is 296 g/mol. The van der Waals surface area contributed by atoms with E-state index in [-0.39, 0.29) is 5.91 Å². The summed E-state index contributed by atoms with van der Waals surface area (Å²) < 4.78 is 0. The Morgan fingerprint density at radius 3 is 2.50 bits per heavy atom. The van der Waals surface area contributed by atoms with Crippen LogP contribution in [0, 0.1) is 0 Å². The lowest BCUT2D eigenvalue weighted by Gasteiger charge is -2.10. The third-order valence-electron chi connectivity index (χ3n) is 4.15. The van der Waals surface area contributed by atoms with Crippen LogP contribution in [0.4, 0.5) is 0 Å². The molecule has 0 saturated heterocycles. The zero-order chi connectivity index (χ0) is 16.9. The van der Waals surface area contributed by atoms with Gasteiger partial charge in [-0.3, -0.25) is 4.79 Å². The van der Waals surface area contributed by atoms with Crippen molar-refractivity contribution in [2.24, 2.45) is 0 Å². The molecule has 0 fully saturated rings. The van der Waals surface area contributed by atoms with Crippen molar-refractivity contribution in [2.45, 2.75) is 26.7 Å². The standard InChI is InChI=1S/C21H22N2O/c1-3-13-22-21(24)18-14-20(16-11-9-15(4-2)10-12-16)23-19-8-6-5-7-17(18)19/h5-12,14H,3-4,13H2,1-2H3,(H,22,24). The van der Waals surface area contributed by atoms with Crippen molar-refractivity contribution in [1.29, 1.82) is 0 Å². The Balaban J connectivity index is 2.10. The molecule has 3 aromatic rings. The number of nitrogens with one attached hydrogen (secondary N) is 1. The maximum absolute atomic E-state index is 12.6. The van der Waals surface area contributed by atoms with Crippen LogP contribution in [0.25, 0.3) is 22.2 Å². The van der Waals surface area contributed by atoms with Crippen LogP contribution < -0.4 is 5.32 Å². The highest BCUT2D eigenvalue weighted by atomic mass is 16.1.